The van der Waals surface area contributed by atoms with Crippen LogP contribution in [0.4, 0.5) is 0 Å². The van der Waals surface area contributed by atoms with Gasteiger partial charge in [0.25, 0.3) is 5.56 Å². The fourth-order valence-electron chi connectivity index (χ4n) is 3.65. The van der Waals surface area contributed by atoms with Crippen LogP contribution in [-0.4, -0.2) is 28.2 Å². The molecule has 0 aliphatic carbocycles. The molecule has 9 heteroatoms. The van der Waals surface area contributed by atoms with Crippen molar-refractivity contribution in [3.05, 3.63) is 80.6 Å². The number of fused-ring (bicyclic) bond motifs is 3. The molecule has 0 amide bonds. The smallest absolute Gasteiger partial charge is 0.332 e. The van der Waals surface area contributed by atoms with Crippen molar-refractivity contribution < 1.29 is 5.11 Å². The molecule has 0 aliphatic rings. The molecule has 3 heterocycles. The van der Waals surface area contributed by atoms with Crippen LogP contribution in [0.25, 0.3) is 33.9 Å². The van der Waals surface area contributed by atoms with E-state index in [-0.39, 0.29) is 5.75 Å². The Morgan fingerprint density at radius 3 is 2.27 bits per heavy atom. The Kier molecular flexibility index (Phi) is 3.87. The van der Waals surface area contributed by atoms with Gasteiger partial charge in [0, 0.05) is 36.6 Å². The van der Waals surface area contributed by atoms with Gasteiger partial charge < -0.3 is 5.11 Å². The second-order valence-corrected chi connectivity index (χ2v) is 7.47. The van der Waals surface area contributed by atoms with E-state index in [0.29, 0.717) is 22.0 Å². The van der Waals surface area contributed by atoms with Gasteiger partial charge in [-0.3, -0.25) is 22.9 Å². The van der Waals surface area contributed by atoms with Gasteiger partial charge in [0.05, 0.1) is 5.69 Å². The highest BCUT2D eigenvalue weighted by Gasteiger charge is 2.21. The van der Waals surface area contributed by atoms with Gasteiger partial charge in [0.15, 0.2) is 11.2 Å². The molecule has 0 saturated heterocycles. The molecule has 3 aromatic heterocycles. The third kappa shape index (κ3) is 2.50. The SMILES string of the molecule is Cn1c(=O)c2c(nc3n(-c4ccc(O)cc4)c(-c4ccc(Cl)cc4)cn23)n(C)c1=O. The van der Waals surface area contributed by atoms with Crippen LogP contribution in [-0.2, 0) is 14.1 Å². The highest BCUT2D eigenvalue weighted by Crippen LogP contribution is 2.30. The molecule has 0 fully saturated rings. The summed E-state index contributed by atoms with van der Waals surface area (Å²) < 4.78 is 5.98. The summed E-state index contributed by atoms with van der Waals surface area (Å²) in [5, 5.41) is 10.3. The summed E-state index contributed by atoms with van der Waals surface area (Å²) in [7, 11) is 3.03. The van der Waals surface area contributed by atoms with E-state index in [4.69, 9.17) is 11.6 Å². The van der Waals surface area contributed by atoms with Crippen LogP contribution in [0, 0.1) is 0 Å². The molecule has 1 N–H and O–H groups in total. The minimum Gasteiger partial charge on any atom is -0.508 e. The van der Waals surface area contributed by atoms with E-state index in [1.54, 1.807) is 47.8 Å². The maximum absolute atomic E-state index is 12.9. The number of hydrogen-bond donors (Lipinski definition) is 1. The first-order chi connectivity index (χ1) is 14.4. The molecule has 2 aromatic carbocycles. The molecular weight excluding hydrogens is 406 g/mol. The average molecular weight is 422 g/mol. The number of aromatic nitrogens is 5. The summed E-state index contributed by atoms with van der Waals surface area (Å²) >= 11 is 6.05. The van der Waals surface area contributed by atoms with Crippen LogP contribution in [0.2, 0.25) is 5.02 Å². The lowest BCUT2D eigenvalue weighted by molar-refractivity contribution is 0.475. The van der Waals surface area contributed by atoms with Gasteiger partial charge in [-0.05, 0) is 36.4 Å². The number of rotatable bonds is 2. The summed E-state index contributed by atoms with van der Waals surface area (Å²) in [5.74, 6) is 0.610. The standard InChI is InChI=1S/C21H16ClN5O3/c1-24-18-17(19(29)25(2)21(24)30)26-11-16(12-3-5-13(22)6-4-12)27(20(26)23-18)14-7-9-15(28)10-8-14/h3-11,28H,1-2H3. The maximum Gasteiger partial charge on any atom is 0.332 e. The Morgan fingerprint density at radius 1 is 0.933 bits per heavy atom. The number of imidazole rings is 2. The van der Waals surface area contributed by atoms with Crippen molar-refractivity contribution in [2.75, 3.05) is 0 Å². The van der Waals surface area contributed by atoms with Crippen molar-refractivity contribution in [3.63, 3.8) is 0 Å². The third-order valence-corrected chi connectivity index (χ3v) is 5.47. The van der Waals surface area contributed by atoms with Crippen LogP contribution in [0.5, 0.6) is 5.75 Å². The van der Waals surface area contributed by atoms with Crippen molar-refractivity contribution in [1.82, 2.24) is 23.1 Å². The number of phenolic OH excluding ortho intramolecular Hbond substituents is 1. The van der Waals surface area contributed by atoms with Gasteiger partial charge in [-0.25, -0.2) is 4.79 Å². The molecule has 0 aliphatic heterocycles. The van der Waals surface area contributed by atoms with E-state index in [1.807, 2.05) is 22.9 Å². The maximum atomic E-state index is 12.9. The lowest BCUT2D eigenvalue weighted by atomic mass is 10.1. The molecule has 0 saturated carbocycles. The van der Waals surface area contributed by atoms with E-state index < -0.39 is 11.2 Å². The second kappa shape index (κ2) is 6.36. The number of aryl methyl sites for hydroxylation is 1. The summed E-state index contributed by atoms with van der Waals surface area (Å²) in [4.78, 5) is 29.9. The van der Waals surface area contributed by atoms with E-state index in [2.05, 4.69) is 4.98 Å². The van der Waals surface area contributed by atoms with Gasteiger partial charge in [0.2, 0.25) is 5.78 Å². The van der Waals surface area contributed by atoms with Gasteiger partial charge in [0.1, 0.15) is 5.75 Å². The zero-order valence-electron chi connectivity index (χ0n) is 16.1. The molecular formula is C21H16ClN5O3. The van der Waals surface area contributed by atoms with Crippen molar-refractivity contribution in [2.45, 2.75) is 0 Å². The first-order valence-corrected chi connectivity index (χ1v) is 9.49. The normalized spacial score (nSPS) is 11.6. The van der Waals surface area contributed by atoms with Gasteiger partial charge in [-0.2, -0.15) is 4.98 Å². The Morgan fingerprint density at radius 2 is 1.60 bits per heavy atom. The Hall–Kier alpha value is -3.78. The summed E-state index contributed by atoms with van der Waals surface area (Å²) in [6.07, 6.45) is 1.81. The Bertz CT molecular complexity index is 1550. The number of nitrogens with zero attached hydrogens (tertiary/aromatic N) is 5. The topological polar surface area (TPSA) is 86.5 Å². The molecule has 8 nitrogen and oxygen atoms in total. The second-order valence-electron chi connectivity index (χ2n) is 7.03. The van der Waals surface area contributed by atoms with Crippen molar-refractivity contribution in [1.29, 1.82) is 0 Å². The van der Waals surface area contributed by atoms with Crippen LogP contribution < -0.4 is 11.2 Å². The number of phenols is 1. The van der Waals surface area contributed by atoms with E-state index in [9.17, 15) is 14.7 Å². The molecule has 5 rings (SSSR count). The first kappa shape index (κ1) is 18.3. The minimum atomic E-state index is -0.442. The van der Waals surface area contributed by atoms with Crippen LogP contribution in [0.3, 0.4) is 0 Å². The highest BCUT2D eigenvalue weighted by molar-refractivity contribution is 6.30. The van der Waals surface area contributed by atoms with Crippen molar-refractivity contribution >= 4 is 28.5 Å². The molecule has 0 bridgehead atoms. The quantitative estimate of drug-likeness (QED) is 0.475. The molecule has 150 valence electrons. The molecule has 0 radical (unpaired) electrons. The molecule has 0 unspecified atom stereocenters. The Labute approximate surface area is 174 Å². The monoisotopic (exact) mass is 421 g/mol. The highest BCUT2D eigenvalue weighted by atomic mass is 35.5. The molecule has 0 spiro atoms. The van der Waals surface area contributed by atoms with E-state index >= 15 is 0 Å². The Balaban J connectivity index is 1.95. The average Bonchev–Trinajstić information content (AvgIpc) is 3.28. The molecule has 5 aromatic rings. The number of benzene rings is 2. The fraction of sp³-hybridized carbons (Fsp3) is 0.0952. The van der Waals surface area contributed by atoms with Crippen molar-refractivity contribution in [2.24, 2.45) is 14.1 Å². The van der Waals surface area contributed by atoms with Crippen LogP contribution >= 0.6 is 11.6 Å². The fourth-order valence-corrected chi connectivity index (χ4v) is 3.78. The zero-order chi connectivity index (χ0) is 21.2. The lowest BCUT2D eigenvalue weighted by Gasteiger charge is -2.09. The number of halogens is 1. The minimum absolute atomic E-state index is 0.139. The van der Waals surface area contributed by atoms with Crippen LogP contribution in [0.15, 0.2) is 64.3 Å². The summed E-state index contributed by atoms with van der Waals surface area (Å²) in [6, 6.07) is 14.0. The van der Waals surface area contributed by atoms with E-state index in [1.165, 1.54) is 11.6 Å². The number of hydrogen-bond acceptors (Lipinski definition) is 4. The van der Waals surface area contributed by atoms with Gasteiger partial charge >= 0.3 is 5.69 Å². The number of aromatic hydroxyl groups is 1. The van der Waals surface area contributed by atoms with E-state index in [0.717, 1.165) is 21.5 Å². The first-order valence-electron chi connectivity index (χ1n) is 9.11. The molecule has 30 heavy (non-hydrogen) atoms. The largest absolute Gasteiger partial charge is 0.508 e. The predicted molar refractivity (Wildman–Crippen MR) is 115 cm³/mol. The van der Waals surface area contributed by atoms with Crippen LogP contribution in [0.1, 0.15) is 0 Å². The summed E-state index contributed by atoms with van der Waals surface area (Å²) in [6.45, 7) is 0. The van der Waals surface area contributed by atoms with Gasteiger partial charge in [-0.15, -0.1) is 0 Å². The third-order valence-electron chi connectivity index (χ3n) is 5.21. The molecule has 0 atom stereocenters. The zero-order valence-corrected chi connectivity index (χ0v) is 16.8. The predicted octanol–water partition coefficient (Wildman–Crippen LogP) is 2.70. The van der Waals surface area contributed by atoms with Gasteiger partial charge in [-0.1, -0.05) is 23.7 Å². The van der Waals surface area contributed by atoms with Crippen molar-refractivity contribution in [3.8, 4) is 22.7 Å². The lowest BCUT2D eigenvalue weighted by Crippen LogP contribution is -2.37. The summed E-state index contributed by atoms with van der Waals surface area (Å²) in [5.41, 5.74) is 2.12.